The van der Waals surface area contributed by atoms with Crippen LogP contribution in [0.1, 0.15) is 13.3 Å². The molecule has 0 heterocycles. The minimum atomic E-state index is -3.65. The molecule has 0 aliphatic heterocycles. The van der Waals surface area contributed by atoms with Crippen LogP contribution < -0.4 is 10.2 Å². The zero-order chi connectivity index (χ0) is 14.3. The second kappa shape index (κ2) is 7.44. The summed E-state index contributed by atoms with van der Waals surface area (Å²) in [6, 6.07) is 5.88. The van der Waals surface area contributed by atoms with E-state index in [1.807, 2.05) is 0 Å². The van der Waals surface area contributed by atoms with E-state index in [0.717, 1.165) is 0 Å². The number of benzene rings is 1. The number of hydrogen-bond donors (Lipinski definition) is 2. The molecule has 0 aromatic heterocycles. The lowest BCUT2D eigenvalue weighted by Gasteiger charge is -2.07. The highest BCUT2D eigenvalue weighted by Crippen LogP contribution is 2.14. The molecule has 0 atom stereocenters. The Bertz CT molecular complexity index is 533. The van der Waals surface area contributed by atoms with Gasteiger partial charge in [0.05, 0.1) is 11.5 Å². The fourth-order valence-electron chi connectivity index (χ4n) is 1.22. The van der Waals surface area contributed by atoms with Crippen molar-refractivity contribution in [2.24, 2.45) is 0 Å². The first-order valence-corrected chi connectivity index (χ1v) is 7.47. The Morgan fingerprint density at radius 1 is 1.42 bits per heavy atom. The van der Waals surface area contributed by atoms with Crippen LogP contribution in [0.3, 0.4) is 0 Å². The van der Waals surface area contributed by atoms with Gasteiger partial charge in [0.25, 0.3) is 0 Å². The lowest BCUT2D eigenvalue weighted by Crippen LogP contribution is -2.30. The van der Waals surface area contributed by atoms with Gasteiger partial charge in [-0.2, -0.15) is 0 Å². The molecular weight excluding hydrogens is 292 g/mol. The summed E-state index contributed by atoms with van der Waals surface area (Å²) in [5, 5.41) is 0.331. The molecule has 19 heavy (non-hydrogen) atoms. The van der Waals surface area contributed by atoms with Crippen molar-refractivity contribution in [3.63, 3.8) is 0 Å². The molecule has 8 heteroatoms. The number of carbonyl (C=O) groups is 1. The minimum Gasteiger partial charge on any atom is -0.274 e. The van der Waals surface area contributed by atoms with E-state index in [0.29, 0.717) is 11.6 Å². The van der Waals surface area contributed by atoms with Gasteiger partial charge in [-0.1, -0.05) is 17.7 Å². The lowest BCUT2D eigenvalue weighted by molar-refractivity contribution is -0.132. The molecular formula is C11H15ClN2O4S. The minimum absolute atomic E-state index is 0.0141. The molecule has 6 nitrogen and oxygen atoms in total. The summed E-state index contributed by atoms with van der Waals surface area (Å²) in [6.07, 6.45) is -0.0141. The number of rotatable bonds is 7. The summed E-state index contributed by atoms with van der Waals surface area (Å²) in [5.74, 6) is -0.393. The molecule has 0 saturated carbocycles. The van der Waals surface area contributed by atoms with E-state index in [1.54, 1.807) is 19.1 Å². The molecule has 1 aromatic rings. The number of sulfonamides is 1. The van der Waals surface area contributed by atoms with E-state index in [1.165, 1.54) is 12.1 Å². The Balaban J connectivity index is 2.50. The summed E-state index contributed by atoms with van der Waals surface area (Å²) in [5.41, 5.74) is 2.17. The molecule has 0 unspecified atom stereocenters. The molecule has 0 radical (unpaired) electrons. The predicted molar refractivity (Wildman–Crippen MR) is 71.0 cm³/mol. The monoisotopic (exact) mass is 306 g/mol. The molecule has 0 bridgehead atoms. The number of nitrogens with one attached hydrogen (secondary N) is 2. The van der Waals surface area contributed by atoms with Crippen molar-refractivity contribution >= 4 is 27.5 Å². The Labute approximate surface area is 117 Å². The smallest absolute Gasteiger partial charge is 0.244 e. The van der Waals surface area contributed by atoms with Crippen molar-refractivity contribution in [2.75, 3.05) is 13.2 Å². The maximum atomic E-state index is 11.8. The van der Waals surface area contributed by atoms with Crippen LogP contribution in [0.2, 0.25) is 5.02 Å². The van der Waals surface area contributed by atoms with Crippen LogP contribution in [0.5, 0.6) is 0 Å². The van der Waals surface area contributed by atoms with Crippen molar-refractivity contribution in [3.05, 3.63) is 29.3 Å². The Hall–Kier alpha value is -1.15. The zero-order valence-corrected chi connectivity index (χ0v) is 11.9. The van der Waals surface area contributed by atoms with Crippen molar-refractivity contribution in [2.45, 2.75) is 18.2 Å². The summed E-state index contributed by atoms with van der Waals surface area (Å²) < 4.78 is 26.0. The largest absolute Gasteiger partial charge is 0.274 e. The zero-order valence-electron chi connectivity index (χ0n) is 10.3. The van der Waals surface area contributed by atoms with E-state index >= 15 is 0 Å². The van der Waals surface area contributed by atoms with Gasteiger partial charge in [-0.15, -0.1) is 0 Å². The molecule has 1 rings (SSSR count). The first-order chi connectivity index (χ1) is 8.95. The Kier molecular flexibility index (Phi) is 6.23. The summed E-state index contributed by atoms with van der Waals surface area (Å²) in [6.45, 7) is 2.05. The van der Waals surface area contributed by atoms with Gasteiger partial charge >= 0.3 is 0 Å². The van der Waals surface area contributed by atoms with Gasteiger partial charge in [0, 0.05) is 18.0 Å². The second-order valence-corrected chi connectivity index (χ2v) is 5.77. The molecule has 106 valence electrons. The van der Waals surface area contributed by atoms with Gasteiger partial charge in [-0.05, 0) is 25.1 Å². The van der Waals surface area contributed by atoms with Gasteiger partial charge in [0.15, 0.2) is 0 Å². The highest BCUT2D eigenvalue weighted by molar-refractivity contribution is 7.89. The molecule has 0 spiro atoms. The summed E-state index contributed by atoms with van der Waals surface area (Å²) in [7, 11) is -3.65. The number of amides is 1. The van der Waals surface area contributed by atoms with E-state index in [2.05, 4.69) is 15.0 Å². The molecule has 0 fully saturated rings. The normalized spacial score (nSPS) is 11.3. The van der Waals surface area contributed by atoms with Crippen LogP contribution in [0.25, 0.3) is 0 Å². The Morgan fingerprint density at radius 3 is 2.79 bits per heavy atom. The third kappa shape index (κ3) is 5.56. The maximum Gasteiger partial charge on any atom is 0.244 e. The highest BCUT2D eigenvalue weighted by Gasteiger charge is 2.14. The third-order valence-corrected chi connectivity index (χ3v) is 3.77. The highest BCUT2D eigenvalue weighted by atomic mass is 35.5. The number of halogens is 1. The number of hydroxylamine groups is 1. The Morgan fingerprint density at radius 2 is 2.16 bits per heavy atom. The van der Waals surface area contributed by atoms with Gasteiger partial charge in [0.1, 0.15) is 0 Å². The van der Waals surface area contributed by atoms with Gasteiger partial charge in [-0.3, -0.25) is 9.63 Å². The van der Waals surface area contributed by atoms with Crippen molar-refractivity contribution in [3.8, 4) is 0 Å². The molecule has 2 N–H and O–H groups in total. The first kappa shape index (κ1) is 15.9. The van der Waals surface area contributed by atoms with Crippen LogP contribution in [-0.4, -0.2) is 27.5 Å². The third-order valence-electron chi connectivity index (χ3n) is 2.08. The molecule has 0 aliphatic carbocycles. The summed E-state index contributed by atoms with van der Waals surface area (Å²) >= 11 is 5.72. The molecule has 0 aliphatic rings. The van der Waals surface area contributed by atoms with Gasteiger partial charge in [-0.25, -0.2) is 18.6 Å². The van der Waals surface area contributed by atoms with Crippen LogP contribution in [0.15, 0.2) is 29.2 Å². The summed E-state index contributed by atoms with van der Waals surface area (Å²) in [4.78, 5) is 15.9. The molecule has 1 amide bonds. The first-order valence-electron chi connectivity index (χ1n) is 5.61. The number of hydrogen-bond acceptors (Lipinski definition) is 4. The average Bonchev–Trinajstić information content (AvgIpc) is 2.36. The van der Waals surface area contributed by atoms with Crippen LogP contribution in [-0.2, 0) is 19.7 Å². The topological polar surface area (TPSA) is 84.5 Å². The standard InChI is InChI=1S/C11H15ClN2O4S/c1-2-18-14-11(15)6-7-13-19(16,17)10-5-3-4-9(12)8-10/h3-5,8,13H,2,6-7H2,1H3,(H,14,15). The fraction of sp³-hybridized carbons (Fsp3) is 0.364. The van der Waals surface area contributed by atoms with E-state index in [4.69, 9.17) is 11.6 Å². The van der Waals surface area contributed by atoms with Gasteiger partial charge in [0.2, 0.25) is 15.9 Å². The average molecular weight is 307 g/mol. The van der Waals surface area contributed by atoms with E-state index < -0.39 is 15.9 Å². The van der Waals surface area contributed by atoms with E-state index in [-0.39, 0.29) is 17.9 Å². The fourth-order valence-corrected chi connectivity index (χ4v) is 2.55. The van der Waals surface area contributed by atoms with Crippen molar-refractivity contribution in [1.29, 1.82) is 0 Å². The van der Waals surface area contributed by atoms with Crippen LogP contribution in [0, 0.1) is 0 Å². The van der Waals surface area contributed by atoms with E-state index in [9.17, 15) is 13.2 Å². The van der Waals surface area contributed by atoms with Crippen LogP contribution in [0.4, 0.5) is 0 Å². The van der Waals surface area contributed by atoms with Crippen molar-refractivity contribution in [1.82, 2.24) is 10.2 Å². The quantitative estimate of drug-likeness (QED) is 0.738. The second-order valence-electron chi connectivity index (χ2n) is 3.56. The molecule has 0 saturated heterocycles. The maximum absolute atomic E-state index is 11.8. The van der Waals surface area contributed by atoms with Crippen molar-refractivity contribution < 1.29 is 18.0 Å². The van der Waals surface area contributed by atoms with Crippen LogP contribution >= 0.6 is 11.6 Å². The lowest BCUT2D eigenvalue weighted by atomic mass is 10.4. The SMILES string of the molecule is CCONC(=O)CCNS(=O)(=O)c1cccc(Cl)c1. The van der Waals surface area contributed by atoms with Gasteiger partial charge < -0.3 is 0 Å². The number of carbonyl (C=O) groups excluding carboxylic acids is 1. The molecule has 1 aromatic carbocycles. The predicted octanol–water partition coefficient (Wildman–Crippen LogP) is 1.08.